The zero-order valence-corrected chi connectivity index (χ0v) is 17.1. The first-order valence-electron chi connectivity index (χ1n) is 10.9. The summed E-state index contributed by atoms with van der Waals surface area (Å²) >= 11 is 0. The second kappa shape index (κ2) is 10.5. The van der Waals surface area contributed by atoms with E-state index in [1.54, 1.807) is 7.11 Å². The van der Waals surface area contributed by atoms with Crippen molar-refractivity contribution in [2.45, 2.75) is 70.3 Å². The van der Waals surface area contributed by atoms with Gasteiger partial charge in [-0.25, -0.2) is 0 Å². The Labute approximate surface area is 168 Å². The van der Waals surface area contributed by atoms with Gasteiger partial charge in [-0.05, 0) is 49.8 Å². The summed E-state index contributed by atoms with van der Waals surface area (Å²) in [5.41, 5.74) is 1.14. The number of nitrogens with one attached hydrogen (secondary N) is 1. The van der Waals surface area contributed by atoms with Crippen molar-refractivity contribution in [3.05, 3.63) is 29.8 Å². The Morgan fingerprint density at radius 1 is 1.07 bits per heavy atom. The van der Waals surface area contributed by atoms with Gasteiger partial charge >= 0.3 is 0 Å². The molecule has 1 aromatic carbocycles. The number of carbonyl (C=O) groups is 2. The molecular weight excluding hydrogens is 352 g/mol. The molecule has 2 aliphatic rings. The maximum absolute atomic E-state index is 13.2. The number of methoxy groups -OCH3 is 1. The van der Waals surface area contributed by atoms with Gasteiger partial charge in [0.25, 0.3) is 0 Å². The third-order valence-corrected chi connectivity index (χ3v) is 6.20. The Morgan fingerprint density at radius 2 is 1.82 bits per heavy atom. The van der Waals surface area contributed by atoms with Gasteiger partial charge in [-0.1, -0.05) is 37.8 Å². The molecule has 1 saturated heterocycles. The van der Waals surface area contributed by atoms with Gasteiger partial charge < -0.3 is 15.0 Å². The van der Waals surface area contributed by atoms with Crippen molar-refractivity contribution in [3.8, 4) is 5.75 Å². The van der Waals surface area contributed by atoms with Crippen molar-refractivity contribution >= 4 is 11.8 Å². The maximum Gasteiger partial charge on any atom is 0.225 e. The molecule has 0 bridgehead atoms. The number of aryl methyl sites for hydroxylation is 1. The number of ether oxygens (including phenoxy) is 1. The van der Waals surface area contributed by atoms with Crippen LogP contribution in [0.3, 0.4) is 0 Å². The first kappa shape index (κ1) is 20.7. The van der Waals surface area contributed by atoms with Crippen molar-refractivity contribution in [1.29, 1.82) is 0 Å². The summed E-state index contributed by atoms with van der Waals surface area (Å²) in [6.07, 6.45) is 9.57. The van der Waals surface area contributed by atoms with E-state index < -0.39 is 0 Å². The Bertz CT molecular complexity index is 644. The van der Waals surface area contributed by atoms with Crippen LogP contribution in [-0.2, 0) is 16.0 Å². The average molecular weight is 387 g/mol. The van der Waals surface area contributed by atoms with Crippen LogP contribution in [0.4, 0.5) is 0 Å². The summed E-state index contributed by atoms with van der Waals surface area (Å²) in [6.45, 7) is 1.56. The lowest BCUT2D eigenvalue weighted by molar-refractivity contribution is -0.138. The van der Waals surface area contributed by atoms with Gasteiger partial charge in [-0.3, -0.25) is 9.59 Å². The molecule has 0 radical (unpaired) electrons. The van der Waals surface area contributed by atoms with Crippen LogP contribution >= 0.6 is 0 Å². The van der Waals surface area contributed by atoms with Gasteiger partial charge in [0, 0.05) is 25.6 Å². The third-order valence-electron chi connectivity index (χ3n) is 6.20. The van der Waals surface area contributed by atoms with Crippen LogP contribution in [0.5, 0.6) is 5.75 Å². The van der Waals surface area contributed by atoms with E-state index in [-0.39, 0.29) is 23.8 Å². The van der Waals surface area contributed by atoms with Crippen LogP contribution < -0.4 is 10.1 Å². The highest BCUT2D eigenvalue weighted by molar-refractivity contribution is 5.82. The number of rotatable bonds is 4. The number of carbonyl (C=O) groups excluding carboxylic acids is 2. The van der Waals surface area contributed by atoms with Crippen molar-refractivity contribution in [2.75, 3.05) is 20.2 Å². The molecule has 5 heteroatoms. The first-order valence-corrected chi connectivity index (χ1v) is 10.9. The second-order valence-electron chi connectivity index (χ2n) is 8.10. The van der Waals surface area contributed by atoms with E-state index >= 15 is 0 Å². The minimum absolute atomic E-state index is 0.0446. The summed E-state index contributed by atoms with van der Waals surface area (Å²) in [4.78, 5) is 28.0. The summed E-state index contributed by atoms with van der Waals surface area (Å²) in [5.74, 6) is 1.13. The molecule has 2 fully saturated rings. The lowest BCUT2D eigenvalue weighted by Crippen LogP contribution is -2.51. The molecule has 154 valence electrons. The number of hydrogen-bond acceptors (Lipinski definition) is 3. The van der Waals surface area contributed by atoms with Crippen LogP contribution in [0.15, 0.2) is 24.3 Å². The van der Waals surface area contributed by atoms with Gasteiger partial charge in [0.15, 0.2) is 0 Å². The number of hydrogen-bond donors (Lipinski definition) is 1. The van der Waals surface area contributed by atoms with Crippen molar-refractivity contribution in [1.82, 2.24) is 10.2 Å². The number of amides is 2. The molecule has 1 N–H and O–H groups in total. The molecule has 2 atom stereocenters. The van der Waals surface area contributed by atoms with E-state index in [1.165, 1.54) is 0 Å². The molecule has 5 nitrogen and oxygen atoms in total. The van der Waals surface area contributed by atoms with Gasteiger partial charge in [-0.15, -0.1) is 0 Å². The molecule has 1 aliphatic heterocycles. The third kappa shape index (κ3) is 5.49. The fraction of sp³-hybridized carbons (Fsp3) is 0.652. The summed E-state index contributed by atoms with van der Waals surface area (Å²) in [5, 5.41) is 3.12. The monoisotopic (exact) mass is 386 g/mol. The normalized spacial score (nSPS) is 23.9. The molecule has 2 amide bonds. The lowest BCUT2D eigenvalue weighted by atomic mass is 9.82. The standard InChI is InChI=1S/C23H34N2O3/c1-28-19-13-10-18(11-14-19)12-15-22(26)25-17-7-3-2-6-16-24-23(27)20-8-4-5-9-21(20)25/h10-11,13-14,20-21H,2-9,12,15-17H2,1H3,(H,24,27). The Kier molecular flexibility index (Phi) is 7.75. The van der Waals surface area contributed by atoms with Crippen LogP contribution in [0, 0.1) is 5.92 Å². The quantitative estimate of drug-likeness (QED) is 0.858. The van der Waals surface area contributed by atoms with Crippen LogP contribution in [0.1, 0.15) is 63.4 Å². The smallest absolute Gasteiger partial charge is 0.225 e. The second-order valence-corrected chi connectivity index (χ2v) is 8.10. The highest BCUT2D eigenvalue weighted by Gasteiger charge is 2.36. The Hall–Kier alpha value is -2.04. The molecule has 1 aromatic rings. The van der Waals surface area contributed by atoms with Crippen molar-refractivity contribution < 1.29 is 14.3 Å². The molecule has 1 heterocycles. The number of fused-ring (bicyclic) bond motifs is 1. The summed E-state index contributed by atoms with van der Waals surface area (Å²) in [7, 11) is 1.66. The largest absolute Gasteiger partial charge is 0.497 e. The van der Waals surface area contributed by atoms with Gasteiger partial charge in [0.05, 0.1) is 13.0 Å². The minimum atomic E-state index is -0.0446. The van der Waals surface area contributed by atoms with E-state index in [9.17, 15) is 9.59 Å². The topological polar surface area (TPSA) is 58.6 Å². The van der Waals surface area contributed by atoms with E-state index in [1.807, 2.05) is 24.3 Å². The molecule has 1 aliphatic carbocycles. The van der Waals surface area contributed by atoms with Crippen molar-refractivity contribution in [2.24, 2.45) is 5.92 Å². The zero-order valence-electron chi connectivity index (χ0n) is 17.1. The van der Waals surface area contributed by atoms with Crippen LogP contribution in [0.25, 0.3) is 0 Å². The Balaban J connectivity index is 1.68. The first-order chi connectivity index (χ1) is 13.7. The van der Waals surface area contributed by atoms with Gasteiger partial charge in [0.1, 0.15) is 5.75 Å². The van der Waals surface area contributed by atoms with E-state index in [4.69, 9.17) is 4.74 Å². The predicted molar refractivity (Wildman–Crippen MR) is 110 cm³/mol. The summed E-state index contributed by atoms with van der Waals surface area (Å²) < 4.78 is 5.20. The van der Waals surface area contributed by atoms with Crippen molar-refractivity contribution in [3.63, 3.8) is 0 Å². The van der Waals surface area contributed by atoms with E-state index in [0.717, 1.165) is 82.2 Å². The Morgan fingerprint density at radius 3 is 2.61 bits per heavy atom. The van der Waals surface area contributed by atoms with Crippen LogP contribution in [-0.4, -0.2) is 43.0 Å². The number of benzene rings is 1. The summed E-state index contributed by atoms with van der Waals surface area (Å²) in [6, 6.07) is 7.99. The highest BCUT2D eigenvalue weighted by Crippen LogP contribution is 2.30. The maximum atomic E-state index is 13.2. The van der Waals surface area contributed by atoms with E-state index in [2.05, 4.69) is 10.2 Å². The molecule has 1 saturated carbocycles. The number of nitrogens with zero attached hydrogens (tertiary/aromatic N) is 1. The molecule has 0 spiro atoms. The molecule has 28 heavy (non-hydrogen) atoms. The molecule has 2 unspecified atom stereocenters. The average Bonchev–Trinajstić information content (AvgIpc) is 2.77. The highest BCUT2D eigenvalue weighted by atomic mass is 16.5. The fourth-order valence-corrected chi connectivity index (χ4v) is 4.56. The minimum Gasteiger partial charge on any atom is -0.497 e. The molecular formula is C23H34N2O3. The van der Waals surface area contributed by atoms with E-state index in [0.29, 0.717) is 6.42 Å². The van der Waals surface area contributed by atoms with Gasteiger partial charge in [-0.2, -0.15) is 0 Å². The fourth-order valence-electron chi connectivity index (χ4n) is 4.56. The lowest BCUT2D eigenvalue weighted by Gasteiger charge is -2.39. The van der Waals surface area contributed by atoms with Crippen LogP contribution in [0.2, 0.25) is 0 Å². The zero-order chi connectivity index (χ0) is 19.8. The predicted octanol–water partition coefficient (Wildman–Crippen LogP) is 3.71. The molecule has 3 rings (SSSR count). The van der Waals surface area contributed by atoms with Gasteiger partial charge in [0.2, 0.25) is 11.8 Å². The molecule has 0 aromatic heterocycles. The SMILES string of the molecule is COc1ccc(CCC(=O)N2CCCCCCNC(=O)C3CCCCC32)cc1.